The molecule has 0 aromatic carbocycles. The van der Waals surface area contributed by atoms with Crippen LogP contribution in [0, 0.1) is 0 Å². The van der Waals surface area contributed by atoms with E-state index in [1.807, 2.05) is 0 Å². The molecule has 1 atom stereocenters. The summed E-state index contributed by atoms with van der Waals surface area (Å²) >= 11 is 15.8. The van der Waals surface area contributed by atoms with Gasteiger partial charge in [-0.1, -0.05) is 30.1 Å². The van der Waals surface area contributed by atoms with E-state index in [9.17, 15) is 0 Å². The van der Waals surface area contributed by atoms with E-state index < -0.39 is 9.90 Å². The number of rotatable bonds is 2. The van der Waals surface area contributed by atoms with Gasteiger partial charge in [0.1, 0.15) is 0 Å². The highest BCUT2D eigenvalue weighted by molar-refractivity contribution is 6.50. The normalized spacial score (nSPS) is 16.1. The average Bonchev–Trinajstić information content (AvgIpc) is 1.62. The highest BCUT2D eigenvalue weighted by atomic mass is 35.5. The summed E-state index contributed by atoms with van der Waals surface area (Å²) < 4.78 is -1.78. The maximum Gasteiger partial charge on any atom is 0.231 e. The minimum absolute atomic E-state index is 0.547. The summed E-state index contributed by atoms with van der Waals surface area (Å²) in [7, 11) is 0. The van der Waals surface area contributed by atoms with Crippen LogP contribution in [-0.2, 0) is 0 Å². The van der Waals surface area contributed by atoms with Gasteiger partial charge in [0.15, 0.2) is 0 Å². The molecule has 0 radical (unpaired) electrons. The van der Waals surface area contributed by atoms with Gasteiger partial charge in [-0.2, -0.15) is 0 Å². The summed E-state index contributed by atoms with van der Waals surface area (Å²) in [6.07, 6.45) is 0.547. The van der Waals surface area contributed by atoms with Gasteiger partial charge in [0.2, 0.25) is 4.52 Å². The Morgan fingerprint density at radius 3 is 2.00 bits per heavy atom. The molecule has 1 unspecified atom stereocenters. The second kappa shape index (κ2) is 3.11. The Bertz CT molecular complexity index is 68.2. The summed E-state index contributed by atoms with van der Waals surface area (Å²) in [4.78, 5) is 0. The van der Waals surface area contributed by atoms with Crippen LogP contribution in [0.25, 0.3) is 0 Å². The smallest absolute Gasteiger partial charge is 0.231 e. The largest absolute Gasteiger partial charge is 0.361 e. The van der Waals surface area contributed by atoms with Crippen molar-refractivity contribution in [2.45, 2.75) is 23.2 Å². The minimum Gasteiger partial charge on any atom is -0.361 e. The summed E-state index contributed by atoms with van der Waals surface area (Å²) in [6.45, 7) is 1.79. The molecule has 0 saturated heterocycles. The highest BCUT2D eigenvalue weighted by Crippen LogP contribution is 2.27. The molecule has 0 saturated carbocycles. The molecule has 1 nitrogen and oxygen atoms in total. The van der Waals surface area contributed by atoms with Crippen LogP contribution in [0.2, 0.25) is 0 Å². The Balaban J connectivity index is 3.62. The molecule has 0 rings (SSSR count). The van der Waals surface area contributed by atoms with Gasteiger partial charge in [-0.3, -0.25) is 0 Å². The van der Waals surface area contributed by atoms with E-state index in [4.69, 9.17) is 39.9 Å². The second-order valence-corrected chi connectivity index (χ2v) is 3.34. The molecule has 0 aliphatic heterocycles. The molecule has 0 bridgehead atoms. The van der Waals surface area contributed by atoms with Gasteiger partial charge >= 0.3 is 0 Å². The fourth-order valence-corrected chi connectivity index (χ4v) is 0.554. The second-order valence-electron chi connectivity index (χ2n) is 1.46. The Labute approximate surface area is 63.5 Å². The van der Waals surface area contributed by atoms with Crippen molar-refractivity contribution in [1.82, 2.24) is 0 Å². The lowest BCUT2D eigenvalue weighted by Gasteiger charge is -2.15. The summed E-state index contributed by atoms with van der Waals surface area (Å²) in [5.41, 5.74) is 0. The lowest BCUT2D eigenvalue weighted by Crippen LogP contribution is -2.24. The summed E-state index contributed by atoms with van der Waals surface area (Å²) in [5.74, 6) is 0. The summed E-state index contributed by atoms with van der Waals surface area (Å²) in [5, 5.41) is 8.09. The van der Waals surface area contributed by atoms with E-state index >= 15 is 0 Å². The van der Waals surface area contributed by atoms with Crippen molar-refractivity contribution >= 4 is 34.8 Å². The van der Waals surface area contributed by atoms with Gasteiger partial charge in [0.05, 0.1) is 5.38 Å². The van der Waals surface area contributed by atoms with Gasteiger partial charge in [0, 0.05) is 0 Å². The first-order valence-corrected chi connectivity index (χ1v) is 3.42. The third-order valence-corrected chi connectivity index (χ3v) is 2.11. The number of aliphatic hydroxyl groups is 1. The van der Waals surface area contributed by atoms with Gasteiger partial charge in [-0.25, -0.2) is 0 Å². The summed E-state index contributed by atoms with van der Waals surface area (Å²) in [6, 6.07) is 0. The maximum absolute atomic E-state index is 8.69. The van der Waals surface area contributed by atoms with Gasteiger partial charge < -0.3 is 5.11 Å². The molecule has 0 aliphatic carbocycles. The number of hydrogen-bond acceptors (Lipinski definition) is 1. The van der Waals surface area contributed by atoms with E-state index in [-0.39, 0.29) is 0 Å². The molecule has 0 amide bonds. The highest BCUT2D eigenvalue weighted by Gasteiger charge is 2.28. The molecule has 50 valence electrons. The number of hydrogen-bond donors (Lipinski definition) is 1. The van der Waals surface area contributed by atoms with Crippen molar-refractivity contribution in [2.24, 2.45) is 0 Å². The van der Waals surface area contributed by atoms with E-state index in [0.29, 0.717) is 6.42 Å². The molecule has 8 heavy (non-hydrogen) atoms. The van der Waals surface area contributed by atoms with Crippen LogP contribution in [0.1, 0.15) is 13.3 Å². The molecular formula is C4H7Cl3O. The molecule has 0 fully saturated rings. The van der Waals surface area contributed by atoms with Crippen LogP contribution >= 0.6 is 34.8 Å². The molecule has 0 spiro atoms. The van der Waals surface area contributed by atoms with E-state index in [2.05, 4.69) is 0 Å². The minimum atomic E-state index is -1.78. The lowest BCUT2D eigenvalue weighted by molar-refractivity contribution is 0.207. The third-order valence-electron chi connectivity index (χ3n) is 0.735. The van der Waals surface area contributed by atoms with Gasteiger partial charge in [-0.05, 0) is 6.42 Å². The van der Waals surface area contributed by atoms with E-state index in [0.717, 1.165) is 0 Å². The Morgan fingerprint density at radius 2 is 2.00 bits per heavy atom. The lowest BCUT2D eigenvalue weighted by atomic mass is 10.3. The molecule has 4 heteroatoms. The molecular weight excluding hydrogens is 170 g/mol. The van der Waals surface area contributed by atoms with Crippen molar-refractivity contribution in [3.05, 3.63) is 0 Å². The van der Waals surface area contributed by atoms with Crippen molar-refractivity contribution in [2.75, 3.05) is 0 Å². The fourth-order valence-electron chi connectivity index (χ4n) is 0.246. The van der Waals surface area contributed by atoms with E-state index in [1.165, 1.54) is 0 Å². The van der Waals surface area contributed by atoms with Crippen LogP contribution in [0.4, 0.5) is 0 Å². The number of alkyl halides is 3. The Hall–Kier alpha value is 0.830. The first-order valence-electron chi connectivity index (χ1n) is 2.22. The van der Waals surface area contributed by atoms with Crippen molar-refractivity contribution in [1.29, 1.82) is 0 Å². The first kappa shape index (κ1) is 8.83. The predicted molar refractivity (Wildman–Crippen MR) is 36.6 cm³/mol. The molecule has 0 aliphatic rings. The zero-order valence-electron chi connectivity index (χ0n) is 4.37. The quantitative estimate of drug-likeness (QED) is 0.641. The Kier molecular flexibility index (Phi) is 3.44. The van der Waals surface area contributed by atoms with Gasteiger partial charge in [-0.15, -0.1) is 11.6 Å². The zero-order chi connectivity index (χ0) is 6.78. The SMILES string of the molecule is CCC(Cl)C(O)(Cl)Cl. The first-order chi connectivity index (χ1) is 3.48. The standard InChI is InChI=1S/C4H7Cl3O/c1-2-3(5)4(6,7)8/h3,8H,2H2,1H3. The van der Waals surface area contributed by atoms with Crippen LogP contribution < -0.4 is 0 Å². The van der Waals surface area contributed by atoms with Crippen LogP contribution in [-0.4, -0.2) is 15.0 Å². The molecule has 1 N–H and O–H groups in total. The van der Waals surface area contributed by atoms with Crippen molar-refractivity contribution in [3.8, 4) is 0 Å². The van der Waals surface area contributed by atoms with E-state index in [1.54, 1.807) is 6.92 Å². The number of halogens is 3. The van der Waals surface area contributed by atoms with Gasteiger partial charge in [0.25, 0.3) is 0 Å². The van der Waals surface area contributed by atoms with Crippen molar-refractivity contribution in [3.63, 3.8) is 0 Å². The fraction of sp³-hybridized carbons (Fsp3) is 1.00. The monoisotopic (exact) mass is 176 g/mol. The van der Waals surface area contributed by atoms with Crippen LogP contribution in [0.5, 0.6) is 0 Å². The van der Waals surface area contributed by atoms with Crippen LogP contribution in [0.3, 0.4) is 0 Å². The zero-order valence-corrected chi connectivity index (χ0v) is 6.63. The Morgan fingerprint density at radius 1 is 1.62 bits per heavy atom. The predicted octanol–water partition coefficient (Wildman–Crippen LogP) is 2.13. The molecule has 0 aromatic rings. The average molecular weight is 177 g/mol. The topological polar surface area (TPSA) is 20.2 Å². The maximum atomic E-state index is 8.69. The third kappa shape index (κ3) is 2.98. The molecule has 0 heterocycles. The van der Waals surface area contributed by atoms with Crippen LogP contribution in [0.15, 0.2) is 0 Å². The van der Waals surface area contributed by atoms with Crippen molar-refractivity contribution < 1.29 is 5.11 Å². The molecule has 0 aromatic heterocycles.